The highest BCUT2D eigenvalue weighted by Gasteiger charge is 2.21. The van der Waals surface area contributed by atoms with Crippen molar-refractivity contribution in [3.05, 3.63) is 49.8 Å². The summed E-state index contributed by atoms with van der Waals surface area (Å²) < 4.78 is 4.44. The average molecular weight is 462 g/mol. The molecule has 0 amide bonds. The molecule has 0 saturated heterocycles. The van der Waals surface area contributed by atoms with Crippen LogP contribution in [-0.2, 0) is 6.54 Å². The van der Waals surface area contributed by atoms with E-state index < -0.39 is 0 Å². The zero-order valence-corrected chi connectivity index (χ0v) is 16.2. The van der Waals surface area contributed by atoms with Gasteiger partial charge >= 0.3 is 0 Å². The zero-order chi connectivity index (χ0) is 15.2. The van der Waals surface area contributed by atoms with Gasteiger partial charge in [0.05, 0.1) is 22.4 Å². The second kappa shape index (κ2) is 8.29. The Hall–Kier alpha value is -0.400. The predicted molar refractivity (Wildman–Crippen MR) is 99.5 cm³/mol. The van der Waals surface area contributed by atoms with Gasteiger partial charge in [-0.1, -0.05) is 26.0 Å². The molecule has 5 heteroatoms. The number of rotatable bonds is 7. The van der Waals surface area contributed by atoms with Gasteiger partial charge in [0.25, 0.3) is 0 Å². The summed E-state index contributed by atoms with van der Waals surface area (Å²) in [4.78, 5) is 0. The Morgan fingerprint density at radius 2 is 2.14 bits per heavy atom. The third-order valence-electron chi connectivity index (χ3n) is 3.32. The molecule has 0 radical (unpaired) electrons. The van der Waals surface area contributed by atoms with E-state index in [1.165, 1.54) is 14.8 Å². The highest BCUT2D eigenvalue weighted by atomic mass is 127. The summed E-state index contributed by atoms with van der Waals surface area (Å²) in [6.45, 7) is 6.30. The smallest absolute Gasteiger partial charge is 0.0760 e. The van der Waals surface area contributed by atoms with Crippen LogP contribution < -0.4 is 5.32 Å². The molecule has 1 aromatic heterocycles. The molecule has 1 unspecified atom stereocenters. The van der Waals surface area contributed by atoms with Crippen LogP contribution in [0.1, 0.15) is 44.0 Å². The van der Waals surface area contributed by atoms with Crippen molar-refractivity contribution in [2.24, 2.45) is 0 Å². The van der Waals surface area contributed by atoms with Gasteiger partial charge in [0, 0.05) is 10.1 Å². The zero-order valence-electron chi connectivity index (χ0n) is 12.4. The van der Waals surface area contributed by atoms with Crippen molar-refractivity contribution in [3.63, 3.8) is 0 Å². The van der Waals surface area contributed by atoms with Gasteiger partial charge < -0.3 is 5.32 Å². The van der Waals surface area contributed by atoms with Gasteiger partial charge in [-0.15, -0.1) is 0 Å². The van der Waals surface area contributed by atoms with Gasteiger partial charge in [0.15, 0.2) is 0 Å². The van der Waals surface area contributed by atoms with Gasteiger partial charge in [0.2, 0.25) is 0 Å². The van der Waals surface area contributed by atoms with Crippen LogP contribution >= 0.6 is 38.5 Å². The van der Waals surface area contributed by atoms with E-state index in [0.717, 1.165) is 30.4 Å². The minimum absolute atomic E-state index is 0.170. The van der Waals surface area contributed by atoms with E-state index in [9.17, 15) is 0 Å². The molecular formula is C16H21BrIN3. The van der Waals surface area contributed by atoms with Crippen molar-refractivity contribution in [1.29, 1.82) is 0 Å². The quantitative estimate of drug-likeness (QED) is 0.603. The second-order valence-corrected chi connectivity index (χ2v) is 7.14. The van der Waals surface area contributed by atoms with Gasteiger partial charge in [-0.25, -0.2) is 0 Å². The van der Waals surface area contributed by atoms with E-state index in [1.54, 1.807) is 0 Å². The molecular weight excluding hydrogens is 441 g/mol. The molecule has 2 aromatic rings. The summed E-state index contributed by atoms with van der Waals surface area (Å²) in [5, 5.41) is 8.17. The fourth-order valence-electron chi connectivity index (χ4n) is 2.40. The molecule has 1 atom stereocenters. The number of aryl methyl sites for hydroxylation is 1. The molecule has 0 spiro atoms. The first-order valence-electron chi connectivity index (χ1n) is 7.37. The van der Waals surface area contributed by atoms with Crippen LogP contribution in [0.15, 0.2) is 34.9 Å². The maximum Gasteiger partial charge on any atom is 0.0760 e. The van der Waals surface area contributed by atoms with Crippen LogP contribution in [0.2, 0.25) is 0 Å². The highest BCUT2D eigenvalue weighted by molar-refractivity contribution is 14.1. The lowest BCUT2D eigenvalue weighted by Crippen LogP contribution is -2.26. The first kappa shape index (κ1) is 17.0. The second-order valence-electron chi connectivity index (χ2n) is 5.04. The van der Waals surface area contributed by atoms with Crippen molar-refractivity contribution in [1.82, 2.24) is 15.1 Å². The van der Waals surface area contributed by atoms with Crippen molar-refractivity contribution < 1.29 is 0 Å². The lowest BCUT2D eigenvalue weighted by molar-refractivity contribution is 0.510. The molecule has 21 heavy (non-hydrogen) atoms. The SMILES string of the molecule is CCCNC(c1cccc(I)c1)c1c(Br)cnn1CCC. The third kappa shape index (κ3) is 4.29. The third-order valence-corrected chi connectivity index (χ3v) is 4.60. The maximum absolute atomic E-state index is 4.51. The van der Waals surface area contributed by atoms with Crippen LogP contribution in [0.25, 0.3) is 0 Å². The van der Waals surface area contributed by atoms with E-state index in [0.29, 0.717) is 0 Å². The van der Waals surface area contributed by atoms with E-state index in [1.807, 2.05) is 6.20 Å². The molecule has 0 aliphatic heterocycles. The topological polar surface area (TPSA) is 29.9 Å². The highest BCUT2D eigenvalue weighted by Crippen LogP contribution is 2.29. The van der Waals surface area contributed by atoms with Gasteiger partial charge in [-0.05, 0) is 75.6 Å². The summed E-state index contributed by atoms with van der Waals surface area (Å²) in [5.41, 5.74) is 2.50. The average Bonchev–Trinajstić information content (AvgIpc) is 2.82. The maximum atomic E-state index is 4.51. The fraction of sp³-hybridized carbons (Fsp3) is 0.438. The number of benzene rings is 1. The van der Waals surface area contributed by atoms with E-state index >= 15 is 0 Å². The summed E-state index contributed by atoms with van der Waals surface area (Å²) in [5.74, 6) is 0. The number of hydrogen-bond acceptors (Lipinski definition) is 2. The van der Waals surface area contributed by atoms with Crippen molar-refractivity contribution in [3.8, 4) is 0 Å². The number of nitrogens with zero attached hydrogens (tertiary/aromatic N) is 2. The Kier molecular flexibility index (Phi) is 6.70. The van der Waals surface area contributed by atoms with Gasteiger partial charge in [0.1, 0.15) is 0 Å². The molecule has 1 N–H and O–H groups in total. The van der Waals surface area contributed by atoms with Crippen LogP contribution in [0.5, 0.6) is 0 Å². The molecule has 114 valence electrons. The molecule has 1 aromatic carbocycles. The molecule has 0 fully saturated rings. The summed E-state index contributed by atoms with van der Waals surface area (Å²) in [6, 6.07) is 8.84. The first-order chi connectivity index (χ1) is 10.2. The van der Waals surface area contributed by atoms with Crippen molar-refractivity contribution >= 4 is 38.5 Å². The van der Waals surface area contributed by atoms with Crippen LogP contribution in [0, 0.1) is 3.57 Å². The van der Waals surface area contributed by atoms with E-state index in [-0.39, 0.29) is 6.04 Å². The molecule has 0 saturated carbocycles. The lowest BCUT2D eigenvalue weighted by atomic mass is 10.0. The fourth-order valence-corrected chi connectivity index (χ4v) is 3.49. The summed E-state index contributed by atoms with van der Waals surface area (Å²) in [7, 11) is 0. The molecule has 0 aliphatic carbocycles. The standard InChI is InChI=1S/C16H21BrIN3/c1-3-8-19-15(12-6-5-7-13(18)10-12)16-14(17)11-20-21(16)9-4-2/h5-7,10-11,15,19H,3-4,8-9H2,1-2H3. The Labute approximate surface area is 148 Å². The summed E-state index contributed by atoms with van der Waals surface area (Å²) in [6.07, 6.45) is 4.09. The minimum Gasteiger partial charge on any atom is -0.305 e. The van der Waals surface area contributed by atoms with Crippen LogP contribution in [0.4, 0.5) is 0 Å². The number of halogens is 2. The molecule has 0 bridgehead atoms. The Morgan fingerprint density at radius 3 is 2.81 bits per heavy atom. The Morgan fingerprint density at radius 1 is 1.33 bits per heavy atom. The number of aromatic nitrogens is 2. The predicted octanol–water partition coefficient (Wildman–Crippen LogP) is 4.75. The van der Waals surface area contributed by atoms with E-state index in [2.05, 4.69) is 91.7 Å². The largest absolute Gasteiger partial charge is 0.305 e. The number of nitrogens with one attached hydrogen (secondary N) is 1. The van der Waals surface area contributed by atoms with Crippen LogP contribution in [-0.4, -0.2) is 16.3 Å². The monoisotopic (exact) mass is 461 g/mol. The molecule has 0 aliphatic rings. The number of hydrogen-bond donors (Lipinski definition) is 1. The lowest BCUT2D eigenvalue weighted by Gasteiger charge is -2.21. The van der Waals surface area contributed by atoms with Crippen molar-refractivity contribution in [2.45, 2.75) is 39.3 Å². The first-order valence-corrected chi connectivity index (χ1v) is 9.24. The molecule has 1 heterocycles. The van der Waals surface area contributed by atoms with Gasteiger partial charge in [-0.3, -0.25) is 4.68 Å². The van der Waals surface area contributed by atoms with Gasteiger partial charge in [-0.2, -0.15) is 5.10 Å². The van der Waals surface area contributed by atoms with E-state index in [4.69, 9.17) is 0 Å². The Bertz CT molecular complexity index is 583. The minimum atomic E-state index is 0.170. The Balaban J connectivity index is 2.42. The molecule has 3 nitrogen and oxygen atoms in total. The molecule has 2 rings (SSSR count). The normalized spacial score (nSPS) is 12.6. The summed E-state index contributed by atoms with van der Waals surface area (Å²) >= 11 is 6.04. The van der Waals surface area contributed by atoms with Crippen LogP contribution in [0.3, 0.4) is 0 Å². The van der Waals surface area contributed by atoms with Crippen molar-refractivity contribution in [2.75, 3.05) is 6.54 Å².